The number of nitrogens with one attached hydrogen (secondary N) is 1. The van der Waals surface area contributed by atoms with Crippen LogP contribution < -0.4 is 11.2 Å². The summed E-state index contributed by atoms with van der Waals surface area (Å²) in [5.41, 5.74) is 0. The van der Waals surface area contributed by atoms with Crippen LogP contribution in [0.3, 0.4) is 0 Å². The Labute approximate surface area is 92.4 Å². The standard InChI is InChI=1S/C6H8F3N5OS/c1-11-3(15)2-16-5-13-12-4(14(5)10)6(7,8)9/h2,10H2,1H3,(H,11,15). The fraction of sp³-hybridized carbons (Fsp3) is 0.500. The molecule has 1 heterocycles. The van der Waals surface area contributed by atoms with Crippen molar-refractivity contribution in [1.82, 2.24) is 20.2 Å². The molecule has 1 amide bonds. The molecule has 6 nitrogen and oxygen atoms in total. The van der Waals surface area contributed by atoms with Gasteiger partial charge < -0.3 is 11.2 Å². The van der Waals surface area contributed by atoms with E-state index in [0.29, 0.717) is 4.68 Å². The van der Waals surface area contributed by atoms with Gasteiger partial charge in [-0.1, -0.05) is 11.8 Å². The topological polar surface area (TPSA) is 85.8 Å². The van der Waals surface area contributed by atoms with Crippen molar-refractivity contribution in [3.63, 3.8) is 0 Å². The predicted octanol–water partition coefficient (Wildman–Crippen LogP) is -0.151. The van der Waals surface area contributed by atoms with Crippen LogP contribution in [0.1, 0.15) is 5.82 Å². The molecule has 0 unspecified atom stereocenters. The average Bonchev–Trinajstić information content (AvgIpc) is 2.55. The Morgan fingerprint density at radius 1 is 1.56 bits per heavy atom. The van der Waals surface area contributed by atoms with Gasteiger partial charge in [0.25, 0.3) is 5.82 Å². The fourth-order valence-electron chi connectivity index (χ4n) is 0.771. The largest absolute Gasteiger partial charge is 0.453 e. The first-order valence-corrected chi connectivity index (χ1v) is 4.96. The second-order valence-corrected chi connectivity index (χ2v) is 3.58. The molecule has 0 spiro atoms. The van der Waals surface area contributed by atoms with Crippen molar-refractivity contribution in [2.75, 3.05) is 18.6 Å². The van der Waals surface area contributed by atoms with Crippen LogP contribution in [0.4, 0.5) is 13.2 Å². The minimum absolute atomic E-state index is 0.0797. The third kappa shape index (κ3) is 2.78. The van der Waals surface area contributed by atoms with E-state index in [1.165, 1.54) is 7.05 Å². The zero-order valence-corrected chi connectivity index (χ0v) is 8.89. The third-order valence-electron chi connectivity index (χ3n) is 1.53. The number of nitrogens with zero attached hydrogens (tertiary/aromatic N) is 3. The molecule has 0 saturated carbocycles. The summed E-state index contributed by atoms with van der Waals surface area (Å²) in [6.07, 6.45) is -4.66. The van der Waals surface area contributed by atoms with Crippen molar-refractivity contribution in [2.45, 2.75) is 11.3 Å². The molecule has 0 radical (unpaired) electrons. The molecular formula is C6H8F3N5OS. The second-order valence-electron chi connectivity index (χ2n) is 2.64. The molecule has 0 aliphatic heterocycles. The second kappa shape index (κ2) is 4.60. The molecule has 0 atom stereocenters. The molecule has 0 aromatic carbocycles. The van der Waals surface area contributed by atoms with Gasteiger partial charge in [-0.3, -0.25) is 4.79 Å². The number of rotatable bonds is 3. The van der Waals surface area contributed by atoms with Crippen LogP contribution in [0.2, 0.25) is 0 Å². The van der Waals surface area contributed by atoms with Crippen LogP contribution in [0.15, 0.2) is 5.16 Å². The summed E-state index contributed by atoms with van der Waals surface area (Å²) in [5, 5.41) is 8.28. The van der Waals surface area contributed by atoms with Crippen LogP contribution in [0.5, 0.6) is 0 Å². The van der Waals surface area contributed by atoms with Gasteiger partial charge in [-0.05, 0) is 0 Å². The van der Waals surface area contributed by atoms with Gasteiger partial charge in [0.05, 0.1) is 5.75 Å². The molecular weight excluding hydrogens is 247 g/mol. The summed E-state index contributed by atoms with van der Waals surface area (Å²) in [6, 6.07) is 0. The molecule has 90 valence electrons. The smallest absolute Gasteiger partial charge is 0.358 e. The number of thioether (sulfide) groups is 1. The first kappa shape index (κ1) is 12.6. The number of alkyl halides is 3. The van der Waals surface area contributed by atoms with Crippen LogP contribution in [-0.4, -0.2) is 33.6 Å². The van der Waals surface area contributed by atoms with Crippen LogP contribution >= 0.6 is 11.8 Å². The highest BCUT2D eigenvalue weighted by Gasteiger charge is 2.38. The molecule has 0 fully saturated rings. The van der Waals surface area contributed by atoms with E-state index >= 15 is 0 Å². The summed E-state index contributed by atoms with van der Waals surface area (Å²) in [6.45, 7) is 0. The van der Waals surface area contributed by atoms with E-state index in [-0.39, 0.29) is 16.8 Å². The van der Waals surface area contributed by atoms with Gasteiger partial charge in [0.15, 0.2) is 0 Å². The molecule has 10 heteroatoms. The van der Waals surface area contributed by atoms with E-state index < -0.39 is 12.0 Å². The number of nitrogens with two attached hydrogens (primary N) is 1. The van der Waals surface area contributed by atoms with E-state index in [0.717, 1.165) is 11.8 Å². The predicted molar refractivity (Wildman–Crippen MR) is 50.0 cm³/mol. The zero-order valence-electron chi connectivity index (χ0n) is 8.08. The highest BCUT2D eigenvalue weighted by atomic mass is 32.2. The maximum atomic E-state index is 12.2. The highest BCUT2D eigenvalue weighted by Crippen LogP contribution is 2.28. The Bertz CT molecular complexity index is 390. The lowest BCUT2D eigenvalue weighted by atomic mass is 10.6. The van der Waals surface area contributed by atoms with Gasteiger partial charge in [-0.25, -0.2) is 4.68 Å². The summed E-state index contributed by atoms with van der Waals surface area (Å²) in [7, 11) is 1.41. The number of carbonyl (C=O) groups excluding carboxylic acids is 1. The van der Waals surface area contributed by atoms with Gasteiger partial charge in [-0.15, -0.1) is 10.2 Å². The molecule has 3 N–H and O–H groups in total. The van der Waals surface area contributed by atoms with Gasteiger partial charge in [-0.2, -0.15) is 13.2 Å². The van der Waals surface area contributed by atoms with Crippen molar-refractivity contribution >= 4 is 17.7 Å². The van der Waals surface area contributed by atoms with E-state index in [4.69, 9.17) is 5.84 Å². The fourth-order valence-corrected chi connectivity index (χ4v) is 1.50. The monoisotopic (exact) mass is 255 g/mol. The van der Waals surface area contributed by atoms with Gasteiger partial charge in [0, 0.05) is 7.05 Å². The van der Waals surface area contributed by atoms with Crippen molar-refractivity contribution in [3.05, 3.63) is 5.82 Å². The van der Waals surface area contributed by atoms with Gasteiger partial charge in [0.1, 0.15) is 0 Å². The molecule has 16 heavy (non-hydrogen) atoms. The summed E-state index contributed by atoms with van der Waals surface area (Å²) in [4.78, 5) is 10.8. The van der Waals surface area contributed by atoms with Crippen LogP contribution in [0, 0.1) is 0 Å². The molecule has 0 aliphatic carbocycles. The number of hydrogen-bond donors (Lipinski definition) is 2. The van der Waals surface area contributed by atoms with Gasteiger partial charge in [0.2, 0.25) is 11.1 Å². The normalized spacial score (nSPS) is 11.5. The number of hydrogen-bond acceptors (Lipinski definition) is 5. The highest BCUT2D eigenvalue weighted by molar-refractivity contribution is 7.99. The molecule has 0 saturated heterocycles. The average molecular weight is 255 g/mol. The number of halogens is 3. The summed E-state index contributed by atoms with van der Waals surface area (Å²) < 4.78 is 37.0. The molecule has 1 rings (SSSR count). The Balaban J connectivity index is 2.77. The first-order chi connectivity index (χ1) is 7.36. The molecule has 0 bridgehead atoms. The number of aromatic nitrogens is 3. The number of amides is 1. The first-order valence-electron chi connectivity index (χ1n) is 3.97. The van der Waals surface area contributed by atoms with Crippen molar-refractivity contribution in [2.24, 2.45) is 0 Å². The molecule has 1 aromatic rings. The number of carbonyl (C=O) groups is 1. The minimum atomic E-state index is -4.66. The van der Waals surface area contributed by atoms with Crippen molar-refractivity contribution in [1.29, 1.82) is 0 Å². The maximum absolute atomic E-state index is 12.2. The molecule has 1 aromatic heterocycles. The number of nitrogen functional groups attached to an aromatic ring is 1. The van der Waals surface area contributed by atoms with Crippen molar-refractivity contribution < 1.29 is 18.0 Å². The Kier molecular flexibility index (Phi) is 3.62. The third-order valence-corrected chi connectivity index (χ3v) is 2.47. The lowest BCUT2D eigenvalue weighted by molar-refractivity contribution is -0.146. The van der Waals surface area contributed by atoms with Crippen LogP contribution in [0.25, 0.3) is 0 Å². The summed E-state index contributed by atoms with van der Waals surface area (Å²) in [5.74, 6) is 3.41. The van der Waals surface area contributed by atoms with Gasteiger partial charge >= 0.3 is 6.18 Å². The lowest BCUT2D eigenvalue weighted by Gasteiger charge is -2.05. The quantitative estimate of drug-likeness (QED) is 0.579. The lowest BCUT2D eigenvalue weighted by Crippen LogP contribution is -2.23. The summed E-state index contributed by atoms with van der Waals surface area (Å²) >= 11 is 0.769. The van der Waals surface area contributed by atoms with E-state index in [1.807, 2.05) is 0 Å². The maximum Gasteiger partial charge on any atom is 0.453 e. The van der Waals surface area contributed by atoms with E-state index in [1.54, 1.807) is 0 Å². The molecule has 0 aliphatic rings. The van der Waals surface area contributed by atoms with Crippen LogP contribution in [-0.2, 0) is 11.0 Å². The Morgan fingerprint density at radius 3 is 2.62 bits per heavy atom. The minimum Gasteiger partial charge on any atom is -0.358 e. The Morgan fingerprint density at radius 2 is 2.19 bits per heavy atom. The van der Waals surface area contributed by atoms with E-state index in [2.05, 4.69) is 15.5 Å². The Hall–Kier alpha value is -1.45. The van der Waals surface area contributed by atoms with Crippen molar-refractivity contribution in [3.8, 4) is 0 Å². The zero-order chi connectivity index (χ0) is 12.3. The SMILES string of the molecule is CNC(=O)CSc1nnc(C(F)(F)F)n1N. The van der Waals surface area contributed by atoms with E-state index in [9.17, 15) is 18.0 Å².